The number of aromatic nitrogens is 1. The topological polar surface area (TPSA) is 4.93 Å². The van der Waals surface area contributed by atoms with Gasteiger partial charge in [0, 0.05) is 26.6 Å². The van der Waals surface area contributed by atoms with Crippen molar-refractivity contribution >= 4 is 43.2 Å². The molecular formula is C29H21NS. The summed E-state index contributed by atoms with van der Waals surface area (Å²) in [6.07, 6.45) is 0. The maximum Gasteiger partial charge on any atom is 0.0548 e. The fraction of sp³-hybridized carbons (Fsp3) is 0.103. The van der Waals surface area contributed by atoms with Crippen LogP contribution in [0, 0.1) is 0 Å². The maximum atomic E-state index is 2.45. The van der Waals surface area contributed by atoms with E-state index >= 15 is 0 Å². The molecule has 0 bridgehead atoms. The van der Waals surface area contributed by atoms with E-state index in [1.807, 2.05) is 11.3 Å². The number of para-hydroxylation sites is 1. The Bertz CT molecular complexity index is 1660. The number of nitrogens with zero attached hydrogens (tertiary/aromatic N) is 1. The van der Waals surface area contributed by atoms with Gasteiger partial charge in [-0.3, -0.25) is 0 Å². The summed E-state index contributed by atoms with van der Waals surface area (Å²) in [5.41, 5.74) is 9.35. The summed E-state index contributed by atoms with van der Waals surface area (Å²) < 4.78 is 3.79. The first-order chi connectivity index (χ1) is 15.1. The molecule has 1 aliphatic carbocycles. The zero-order chi connectivity index (χ0) is 20.7. The van der Waals surface area contributed by atoms with Crippen LogP contribution in [0.5, 0.6) is 0 Å². The van der Waals surface area contributed by atoms with Crippen molar-refractivity contribution in [1.29, 1.82) is 0 Å². The van der Waals surface area contributed by atoms with E-state index < -0.39 is 0 Å². The number of hydrogen-bond acceptors (Lipinski definition) is 1. The van der Waals surface area contributed by atoms with E-state index in [0.29, 0.717) is 0 Å². The van der Waals surface area contributed by atoms with E-state index in [4.69, 9.17) is 0 Å². The molecule has 0 aliphatic heterocycles. The molecule has 0 amide bonds. The van der Waals surface area contributed by atoms with Gasteiger partial charge in [0.1, 0.15) is 0 Å². The minimum absolute atomic E-state index is 0.00131. The molecule has 0 atom stereocenters. The zero-order valence-electron chi connectivity index (χ0n) is 17.5. The highest BCUT2D eigenvalue weighted by molar-refractivity contribution is 7.17. The summed E-state index contributed by atoms with van der Waals surface area (Å²) in [5.74, 6) is 0. The van der Waals surface area contributed by atoms with Gasteiger partial charge < -0.3 is 4.57 Å². The van der Waals surface area contributed by atoms with Gasteiger partial charge in [0.05, 0.1) is 11.0 Å². The number of hydrogen-bond donors (Lipinski definition) is 0. The van der Waals surface area contributed by atoms with Crippen molar-refractivity contribution in [2.45, 2.75) is 19.3 Å². The fourth-order valence-electron chi connectivity index (χ4n) is 5.53. The van der Waals surface area contributed by atoms with Gasteiger partial charge in [-0.25, -0.2) is 0 Å². The van der Waals surface area contributed by atoms with Gasteiger partial charge in [-0.1, -0.05) is 62.4 Å². The van der Waals surface area contributed by atoms with Crippen LogP contribution >= 0.6 is 11.3 Å². The Hall–Kier alpha value is -3.36. The third kappa shape index (κ3) is 2.21. The number of rotatable bonds is 1. The molecule has 2 heteroatoms. The molecular weight excluding hydrogens is 394 g/mol. The van der Waals surface area contributed by atoms with Crippen LogP contribution in [-0.4, -0.2) is 4.57 Å². The Labute approximate surface area is 185 Å². The Kier molecular flexibility index (Phi) is 3.28. The van der Waals surface area contributed by atoms with Crippen molar-refractivity contribution in [3.8, 4) is 16.8 Å². The second-order valence-electron chi connectivity index (χ2n) is 9.08. The fourth-order valence-corrected chi connectivity index (χ4v) is 6.34. The highest BCUT2D eigenvalue weighted by Gasteiger charge is 2.35. The average molecular weight is 416 g/mol. The van der Waals surface area contributed by atoms with Gasteiger partial charge in [-0.05, 0) is 69.4 Å². The van der Waals surface area contributed by atoms with Gasteiger partial charge in [0.15, 0.2) is 0 Å². The largest absolute Gasteiger partial charge is 0.309 e. The lowest BCUT2D eigenvalue weighted by molar-refractivity contribution is 0.660. The molecule has 2 aromatic heterocycles. The Morgan fingerprint density at radius 1 is 0.677 bits per heavy atom. The average Bonchev–Trinajstić information content (AvgIpc) is 3.44. The Balaban J connectivity index is 1.57. The first-order valence-electron chi connectivity index (χ1n) is 10.8. The van der Waals surface area contributed by atoms with Crippen LogP contribution in [0.4, 0.5) is 0 Å². The summed E-state index contributed by atoms with van der Waals surface area (Å²) in [6, 6.07) is 31.6. The van der Waals surface area contributed by atoms with Gasteiger partial charge in [0.25, 0.3) is 0 Å². The normalized spacial score (nSPS) is 14.4. The van der Waals surface area contributed by atoms with Crippen LogP contribution < -0.4 is 0 Å². The molecule has 2 heterocycles. The van der Waals surface area contributed by atoms with Crippen molar-refractivity contribution in [1.82, 2.24) is 4.57 Å². The molecule has 0 spiro atoms. The molecule has 6 aromatic rings. The van der Waals surface area contributed by atoms with Crippen LogP contribution in [0.25, 0.3) is 48.7 Å². The minimum atomic E-state index is 0.00131. The number of fused-ring (bicyclic) bond motifs is 7. The van der Waals surface area contributed by atoms with E-state index in [9.17, 15) is 0 Å². The first kappa shape index (κ1) is 17.3. The summed E-state index contributed by atoms with van der Waals surface area (Å²) in [5, 5.41) is 6.14. The van der Waals surface area contributed by atoms with Crippen molar-refractivity contribution in [3.63, 3.8) is 0 Å². The second-order valence-corrected chi connectivity index (χ2v) is 10.0. The van der Waals surface area contributed by atoms with Crippen LogP contribution in [-0.2, 0) is 5.41 Å². The summed E-state index contributed by atoms with van der Waals surface area (Å²) in [6.45, 7) is 4.70. The monoisotopic (exact) mass is 415 g/mol. The van der Waals surface area contributed by atoms with Crippen molar-refractivity contribution in [2.24, 2.45) is 0 Å². The molecule has 0 saturated carbocycles. The van der Waals surface area contributed by atoms with Crippen molar-refractivity contribution < 1.29 is 0 Å². The summed E-state index contributed by atoms with van der Waals surface area (Å²) >= 11 is 1.82. The van der Waals surface area contributed by atoms with Gasteiger partial charge in [-0.15, -0.1) is 11.3 Å². The predicted octanol–water partition coefficient (Wildman–Crippen LogP) is 8.30. The molecule has 0 fully saturated rings. The second kappa shape index (κ2) is 5.87. The molecule has 1 aliphatic rings. The third-order valence-corrected chi connectivity index (χ3v) is 7.95. The van der Waals surface area contributed by atoms with Crippen molar-refractivity contribution in [2.75, 3.05) is 0 Å². The van der Waals surface area contributed by atoms with E-state index in [1.165, 1.54) is 59.8 Å². The molecule has 0 radical (unpaired) electrons. The third-order valence-electron chi connectivity index (χ3n) is 7.07. The van der Waals surface area contributed by atoms with Gasteiger partial charge in [0.2, 0.25) is 0 Å². The number of thiophene rings is 1. The molecule has 0 saturated heterocycles. The lowest BCUT2D eigenvalue weighted by atomic mass is 9.82. The quantitative estimate of drug-likeness (QED) is 0.254. The summed E-state index contributed by atoms with van der Waals surface area (Å²) in [4.78, 5) is 0. The smallest absolute Gasteiger partial charge is 0.0548 e. The zero-order valence-corrected chi connectivity index (χ0v) is 18.3. The first-order valence-corrected chi connectivity index (χ1v) is 11.7. The van der Waals surface area contributed by atoms with E-state index in [-0.39, 0.29) is 5.41 Å². The Morgan fingerprint density at radius 2 is 1.48 bits per heavy atom. The molecule has 1 nitrogen and oxygen atoms in total. The van der Waals surface area contributed by atoms with Crippen LogP contribution in [0.1, 0.15) is 25.0 Å². The van der Waals surface area contributed by atoms with Crippen LogP contribution in [0.2, 0.25) is 0 Å². The molecule has 31 heavy (non-hydrogen) atoms. The Morgan fingerprint density at radius 3 is 2.42 bits per heavy atom. The van der Waals surface area contributed by atoms with Gasteiger partial charge >= 0.3 is 0 Å². The van der Waals surface area contributed by atoms with E-state index in [2.05, 4.69) is 109 Å². The molecule has 4 aromatic carbocycles. The lowest BCUT2D eigenvalue weighted by Gasteiger charge is -2.22. The van der Waals surface area contributed by atoms with Crippen LogP contribution in [0.3, 0.4) is 0 Å². The predicted molar refractivity (Wildman–Crippen MR) is 134 cm³/mol. The highest BCUT2D eigenvalue weighted by atomic mass is 32.1. The van der Waals surface area contributed by atoms with E-state index in [0.717, 1.165) is 0 Å². The molecule has 148 valence electrons. The number of benzene rings is 4. The highest BCUT2D eigenvalue weighted by Crippen LogP contribution is 2.49. The SMILES string of the molecule is CC1(C)c2ccccc2-c2ccc(-n3c4ccccc4c4cc5sccc5cc43)cc21. The minimum Gasteiger partial charge on any atom is -0.309 e. The molecule has 7 rings (SSSR count). The maximum absolute atomic E-state index is 2.45. The van der Waals surface area contributed by atoms with Crippen LogP contribution in [0.15, 0.2) is 90.3 Å². The summed E-state index contributed by atoms with van der Waals surface area (Å²) in [7, 11) is 0. The van der Waals surface area contributed by atoms with Crippen molar-refractivity contribution in [3.05, 3.63) is 101 Å². The lowest BCUT2D eigenvalue weighted by Crippen LogP contribution is -2.15. The van der Waals surface area contributed by atoms with E-state index in [1.54, 1.807) is 0 Å². The van der Waals surface area contributed by atoms with Gasteiger partial charge in [-0.2, -0.15) is 0 Å². The standard InChI is InChI=1S/C29H21NS/c1-29(2)24-9-5-3-7-20(24)21-12-11-19(16-25(21)29)30-26-10-6-4-8-22(26)23-17-28-18(13-14-31-28)15-27(23)30/h3-17H,1-2H3. The molecule has 0 unspecified atom stereocenters. The molecule has 0 N–H and O–H groups in total.